The fourth-order valence-electron chi connectivity index (χ4n) is 2.79. The second-order valence-electron chi connectivity index (χ2n) is 5.86. The molecule has 3 rings (SSSR count). The number of nitriles is 1. The third kappa shape index (κ3) is 3.35. The predicted octanol–water partition coefficient (Wildman–Crippen LogP) is 3.85. The van der Waals surface area contributed by atoms with Crippen molar-refractivity contribution in [2.75, 3.05) is 18.4 Å². The summed E-state index contributed by atoms with van der Waals surface area (Å²) in [4.78, 5) is 14.6. The van der Waals surface area contributed by atoms with E-state index in [9.17, 15) is 4.79 Å². The van der Waals surface area contributed by atoms with Gasteiger partial charge in [0.25, 0.3) is 5.91 Å². The van der Waals surface area contributed by atoms with E-state index in [-0.39, 0.29) is 5.91 Å². The highest BCUT2D eigenvalue weighted by atomic mass is 16.2. The van der Waals surface area contributed by atoms with Crippen LogP contribution in [0.2, 0.25) is 0 Å². The van der Waals surface area contributed by atoms with Crippen LogP contribution in [0.15, 0.2) is 42.5 Å². The topological polar surface area (TPSA) is 56.1 Å². The summed E-state index contributed by atoms with van der Waals surface area (Å²) >= 11 is 0. The molecule has 1 heterocycles. The van der Waals surface area contributed by atoms with Crippen LogP contribution in [0.3, 0.4) is 0 Å². The molecule has 0 unspecified atom stereocenters. The molecule has 0 spiro atoms. The number of carbonyl (C=O) groups excluding carboxylic acids is 1. The van der Waals surface area contributed by atoms with Crippen LogP contribution in [0.4, 0.5) is 11.4 Å². The molecule has 0 bridgehead atoms. The summed E-state index contributed by atoms with van der Waals surface area (Å²) < 4.78 is 0. The van der Waals surface area contributed by atoms with E-state index in [4.69, 9.17) is 5.26 Å². The molecule has 1 N–H and O–H groups in total. The molecule has 1 aliphatic heterocycles. The summed E-state index contributed by atoms with van der Waals surface area (Å²) in [6, 6.07) is 15.3. The Morgan fingerprint density at radius 3 is 2.48 bits per heavy atom. The molecule has 1 aliphatic rings. The third-order valence-electron chi connectivity index (χ3n) is 4.10. The zero-order chi connectivity index (χ0) is 16.2. The maximum atomic E-state index is 12.7. The third-order valence-corrected chi connectivity index (χ3v) is 4.10. The predicted molar refractivity (Wildman–Crippen MR) is 90.8 cm³/mol. The summed E-state index contributed by atoms with van der Waals surface area (Å²) in [6.45, 7) is 3.65. The maximum absolute atomic E-state index is 12.7. The van der Waals surface area contributed by atoms with Crippen molar-refractivity contribution < 1.29 is 4.79 Å². The Bertz CT molecular complexity index is 753. The molecule has 4 heteroatoms. The van der Waals surface area contributed by atoms with Crippen LogP contribution in [0.5, 0.6) is 0 Å². The fraction of sp³-hybridized carbons (Fsp3) is 0.263. The van der Waals surface area contributed by atoms with E-state index >= 15 is 0 Å². The molecule has 116 valence electrons. The molecular weight excluding hydrogens is 286 g/mol. The number of carbonyl (C=O) groups is 1. The maximum Gasteiger partial charge on any atom is 0.255 e. The van der Waals surface area contributed by atoms with Gasteiger partial charge in [0, 0.05) is 18.8 Å². The number of hydrogen-bond donors (Lipinski definition) is 1. The second kappa shape index (κ2) is 6.53. The van der Waals surface area contributed by atoms with Gasteiger partial charge in [-0.3, -0.25) is 4.79 Å². The van der Waals surface area contributed by atoms with E-state index in [1.165, 1.54) is 5.56 Å². The lowest BCUT2D eigenvalue weighted by Crippen LogP contribution is -2.28. The molecule has 0 radical (unpaired) electrons. The molecule has 0 atom stereocenters. The Hall–Kier alpha value is -2.80. The van der Waals surface area contributed by atoms with Crippen molar-refractivity contribution >= 4 is 17.3 Å². The number of nitrogens with zero attached hydrogens (tertiary/aromatic N) is 2. The van der Waals surface area contributed by atoms with Crippen molar-refractivity contribution in [3.05, 3.63) is 59.2 Å². The average Bonchev–Trinajstić information content (AvgIpc) is 3.11. The number of amides is 1. The molecule has 2 aromatic rings. The van der Waals surface area contributed by atoms with E-state index in [1.54, 1.807) is 18.2 Å². The number of nitrogens with one attached hydrogen (secondary N) is 1. The van der Waals surface area contributed by atoms with E-state index in [0.717, 1.165) is 31.6 Å². The van der Waals surface area contributed by atoms with Crippen LogP contribution in [0, 0.1) is 18.3 Å². The van der Waals surface area contributed by atoms with Gasteiger partial charge in [-0.2, -0.15) is 5.26 Å². The number of hydrogen-bond acceptors (Lipinski definition) is 3. The largest absolute Gasteiger partial charge is 0.355 e. The number of rotatable bonds is 3. The Kier molecular flexibility index (Phi) is 4.29. The Morgan fingerprint density at radius 1 is 1.13 bits per heavy atom. The lowest BCUT2D eigenvalue weighted by atomic mass is 10.1. The van der Waals surface area contributed by atoms with Gasteiger partial charge in [-0.25, -0.2) is 0 Å². The molecule has 0 saturated carbocycles. The highest BCUT2D eigenvalue weighted by molar-refractivity contribution is 6.00. The van der Waals surface area contributed by atoms with E-state index in [2.05, 4.69) is 11.4 Å². The van der Waals surface area contributed by atoms with Crippen LogP contribution < -0.4 is 5.32 Å². The summed E-state index contributed by atoms with van der Waals surface area (Å²) in [5, 5.41) is 12.4. The van der Waals surface area contributed by atoms with Crippen LogP contribution in [0.25, 0.3) is 0 Å². The van der Waals surface area contributed by atoms with Crippen molar-refractivity contribution in [2.45, 2.75) is 19.8 Å². The first-order valence-corrected chi connectivity index (χ1v) is 7.84. The van der Waals surface area contributed by atoms with Crippen molar-refractivity contribution in [1.29, 1.82) is 5.26 Å². The minimum absolute atomic E-state index is 0.0293. The van der Waals surface area contributed by atoms with Crippen molar-refractivity contribution in [3.8, 4) is 6.07 Å². The van der Waals surface area contributed by atoms with Gasteiger partial charge in [0.2, 0.25) is 0 Å². The molecular formula is C19H19N3O. The van der Waals surface area contributed by atoms with Crippen LogP contribution in [-0.4, -0.2) is 23.9 Å². The molecule has 1 fully saturated rings. The van der Waals surface area contributed by atoms with Gasteiger partial charge in [-0.05, 0) is 50.1 Å². The molecule has 2 aromatic carbocycles. The summed E-state index contributed by atoms with van der Waals surface area (Å²) in [6.07, 6.45) is 2.12. The van der Waals surface area contributed by atoms with Gasteiger partial charge >= 0.3 is 0 Å². The van der Waals surface area contributed by atoms with Gasteiger partial charge in [-0.15, -0.1) is 0 Å². The van der Waals surface area contributed by atoms with E-state index in [1.807, 2.05) is 36.1 Å². The van der Waals surface area contributed by atoms with Gasteiger partial charge < -0.3 is 10.2 Å². The number of likely N-dealkylation sites (tertiary alicyclic amines) is 1. The number of anilines is 2. The number of aryl methyl sites for hydroxylation is 1. The molecule has 0 aliphatic carbocycles. The Balaban J connectivity index is 1.94. The van der Waals surface area contributed by atoms with Gasteiger partial charge in [0.1, 0.15) is 0 Å². The van der Waals surface area contributed by atoms with E-state index in [0.29, 0.717) is 16.8 Å². The summed E-state index contributed by atoms with van der Waals surface area (Å²) in [5.41, 5.74) is 3.92. The molecule has 1 amide bonds. The first-order valence-electron chi connectivity index (χ1n) is 7.84. The summed E-state index contributed by atoms with van der Waals surface area (Å²) in [5.74, 6) is 0.0293. The SMILES string of the molecule is Cc1ccc(Nc2cc(C#N)ccc2C(=O)N2CCCC2)cc1. The molecule has 1 saturated heterocycles. The van der Waals surface area contributed by atoms with Gasteiger partial charge in [0.15, 0.2) is 0 Å². The zero-order valence-corrected chi connectivity index (χ0v) is 13.2. The van der Waals surface area contributed by atoms with Crippen LogP contribution in [0.1, 0.15) is 34.3 Å². The Labute approximate surface area is 136 Å². The lowest BCUT2D eigenvalue weighted by Gasteiger charge is -2.18. The highest BCUT2D eigenvalue weighted by Crippen LogP contribution is 2.25. The standard InChI is InChI=1S/C19H19N3O/c1-14-4-7-16(8-5-14)21-18-12-15(13-20)6-9-17(18)19(23)22-10-2-3-11-22/h4-9,12,21H,2-3,10-11H2,1H3. The smallest absolute Gasteiger partial charge is 0.255 e. The monoisotopic (exact) mass is 305 g/mol. The van der Waals surface area contributed by atoms with Crippen molar-refractivity contribution in [2.24, 2.45) is 0 Å². The summed E-state index contributed by atoms with van der Waals surface area (Å²) in [7, 11) is 0. The minimum atomic E-state index is 0.0293. The van der Waals surface area contributed by atoms with Crippen LogP contribution >= 0.6 is 0 Å². The normalized spacial score (nSPS) is 13.7. The lowest BCUT2D eigenvalue weighted by molar-refractivity contribution is 0.0794. The quantitative estimate of drug-likeness (QED) is 0.937. The second-order valence-corrected chi connectivity index (χ2v) is 5.86. The minimum Gasteiger partial charge on any atom is -0.355 e. The first kappa shape index (κ1) is 15.1. The molecule has 23 heavy (non-hydrogen) atoms. The van der Waals surface area contributed by atoms with E-state index < -0.39 is 0 Å². The zero-order valence-electron chi connectivity index (χ0n) is 13.2. The van der Waals surface area contributed by atoms with Crippen molar-refractivity contribution in [1.82, 2.24) is 4.90 Å². The van der Waals surface area contributed by atoms with Gasteiger partial charge in [-0.1, -0.05) is 17.7 Å². The number of benzene rings is 2. The molecule has 4 nitrogen and oxygen atoms in total. The first-order chi connectivity index (χ1) is 11.2. The Morgan fingerprint density at radius 2 is 1.83 bits per heavy atom. The van der Waals surface area contributed by atoms with Crippen LogP contribution in [-0.2, 0) is 0 Å². The highest BCUT2D eigenvalue weighted by Gasteiger charge is 2.22. The fourth-order valence-corrected chi connectivity index (χ4v) is 2.79. The molecule has 0 aromatic heterocycles. The van der Waals surface area contributed by atoms with Gasteiger partial charge in [0.05, 0.1) is 22.9 Å². The average molecular weight is 305 g/mol. The van der Waals surface area contributed by atoms with Crippen molar-refractivity contribution in [3.63, 3.8) is 0 Å².